The van der Waals surface area contributed by atoms with Crippen molar-refractivity contribution in [3.8, 4) is 0 Å². The molecule has 0 aromatic rings. The molecule has 0 bridgehead atoms. The smallest absolute Gasteiger partial charge is 0.107 e. The summed E-state index contributed by atoms with van der Waals surface area (Å²) >= 11 is 0. The van der Waals surface area contributed by atoms with Crippen LogP contribution in [-0.2, 0) is 0 Å². The first-order chi connectivity index (χ1) is 4.26. The van der Waals surface area contributed by atoms with Crippen LogP contribution >= 0.6 is 0 Å². The third-order valence-corrected chi connectivity index (χ3v) is 0.959. The van der Waals surface area contributed by atoms with Crippen LogP contribution in [0.1, 0.15) is 0 Å². The maximum absolute atomic E-state index is 6.76. The highest BCUT2D eigenvalue weighted by Crippen LogP contribution is 1.84. The molecule has 0 spiro atoms. The van der Waals surface area contributed by atoms with Crippen molar-refractivity contribution in [1.82, 2.24) is 0 Å². The van der Waals surface area contributed by atoms with Gasteiger partial charge in [-0.1, -0.05) is 0 Å². The fourth-order valence-electron chi connectivity index (χ4n) is 0.368. The number of rotatable bonds is 3. The molecule has 9 heavy (non-hydrogen) atoms. The van der Waals surface area contributed by atoms with Crippen LogP contribution in [0, 0.1) is 16.7 Å². The van der Waals surface area contributed by atoms with Crippen LogP contribution in [0.15, 0.2) is 4.99 Å². The zero-order valence-corrected chi connectivity index (χ0v) is 5.26. The zero-order valence-electron chi connectivity index (χ0n) is 5.26. The molecular weight excluding hydrogens is 116 g/mol. The van der Waals surface area contributed by atoms with Crippen LogP contribution in [-0.4, -0.2) is 25.3 Å². The van der Waals surface area contributed by atoms with E-state index in [1.54, 1.807) is 0 Å². The highest BCUT2D eigenvalue weighted by atomic mass is 14.8. The molecule has 0 aromatic carbocycles. The Morgan fingerprint density at radius 3 is 2.11 bits per heavy atom. The van der Waals surface area contributed by atoms with Gasteiger partial charge in [-0.15, -0.1) is 0 Å². The van der Waals surface area contributed by atoms with Crippen LogP contribution in [0.3, 0.4) is 0 Å². The van der Waals surface area contributed by atoms with Gasteiger partial charge in [-0.05, 0) is 0 Å². The van der Waals surface area contributed by atoms with E-state index < -0.39 is 5.92 Å². The Labute approximate surface area is 53.8 Å². The number of nitrogens with two attached hydrogens (primary N) is 1. The number of hydrogen-bond acceptors (Lipinski definition) is 3. The highest BCUT2D eigenvalue weighted by Gasteiger charge is 2.02. The summed E-state index contributed by atoms with van der Waals surface area (Å²) in [4.78, 5) is 3.62. The number of amidine groups is 1. The summed E-state index contributed by atoms with van der Waals surface area (Å²) in [5, 5.41) is 13.5. The van der Waals surface area contributed by atoms with Gasteiger partial charge in [0.15, 0.2) is 0 Å². The summed E-state index contributed by atoms with van der Waals surface area (Å²) in [7, 11) is 1.54. The van der Waals surface area contributed by atoms with E-state index in [9.17, 15) is 0 Å². The van der Waals surface area contributed by atoms with E-state index in [-0.39, 0.29) is 0 Å². The largest absolute Gasteiger partial charge is 0.387 e. The van der Waals surface area contributed by atoms with Crippen molar-refractivity contribution in [1.29, 1.82) is 10.8 Å². The summed E-state index contributed by atoms with van der Waals surface area (Å²) in [6.07, 6.45) is 2.16. The molecule has 4 N–H and O–H groups in total. The van der Waals surface area contributed by atoms with Gasteiger partial charge in [0.1, 0.15) is 5.84 Å². The summed E-state index contributed by atoms with van der Waals surface area (Å²) in [6.45, 7) is 0. The lowest BCUT2D eigenvalue weighted by Crippen LogP contribution is -2.25. The molecule has 4 heteroatoms. The van der Waals surface area contributed by atoms with Crippen molar-refractivity contribution in [3.05, 3.63) is 0 Å². The molecular formula is C5H10N4. The molecule has 0 saturated carbocycles. The van der Waals surface area contributed by atoms with Gasteiger partial charge in [0.2, 0.25) is 0 Å². The van der Waals surface area contributed by atoms with Gasteiger partial charge in [-0.3, -0.25) is 4.99 Å². The number of nitrogens with zero attached hydrogens (tertiary/aromatic N) is 1. The molecule has 0 saturated heterocycles. The first kappa shape index (κ1) is 7.81. The lowest BCUT2D eigenvalue weighted by Gasteiger charge is -2.00. The number of hydrogen-bond donors (Lipinski definition) is 3. The van der Waals surface area contributed by atoms with E-state index in [2.05, 4.69) is 4.99 Å². The molecule has 0 aliphatic rings. The SMILES string of the molecule is CN=C(N)C(C=N)C=N. The molecule has 0 unspecified atom stereocenters. The van der Waals surface area contributed by atoms with Crippen LogP contribution < -0.4 is 5.73 Å². The van der Waals surface area contributed by atoms with E-state index >= 15 is 0 Å². The Morgan fingerprint density at radius 2 is 2.00 bits per heavy atom. The Balaban J connectivity index is 4.11. The quantitative estimate of drug-likeness (QED) is 0.357. The maximum atomic E-state index is 6.76. The molecule has 0 amide bonds. The second-order valence-corrected chi connectivity index (χ2v) is 1.51. The van der Waals surface area contributed by atoms with E-state index in [1.165, 1.54) is 7.05 Å². The predicted molar refractivity (Wildman–Crippen MR) is 38.6 cm³/mol. The average molecular weight is 126 g/mol. The minimum absolute atomic E-state index is 0.306. The van der Waals surface area contributed by atoms with Crippen molar-refractivity contribution in [2.45, 2.75) is 0 Å². The third kappa shape index (κ3) is 2.03. The first-order valence-corrected chi connectivity index (χ1v) is 2.49. The van der Waals surface area contributed by atoms with Crippen molar-refractivity contribution in [2.75, 3.05) is 7.05 Å². The highest BCUT2D eigenvalue weighted by molar-refractivity contribution is 6.07. The van der Waals surface area contributed by atoms with Gasteiger partial charge in [0.05, 0.1) is 5.92 Å². The minimum atomic E-state index is -0.421. The van der Waals surface area contributed by atoms with Gasteiger partial charge in [0.25, 0.3) is 0 Å². The number of nitrogens with one attached hydrogen (secondary N) is 2. The van der Waals surface area contributed by atoms with Crippen molar-refractivity contribution >= 4 is 18.3 Å². The summed E-state index contributed by atoms with van der Waals surface area (Å²) in [5.41, 5.74) is 5.29. The molecule has 0 fully saturated rings. The minimum Gasteiger partial charge on any atom is -0.387 e. The van der Waals surface area contributed by atoms with Crippen LogP contribution in [0.25, 0.3) is 0 Å². The van der Waals surface area contributed by atoms with Crippen LogP contribution in [0.2, 0.25) is 0 Å². The van der Waals surface area contributed by atoms with E-state index in [4.69, 9.17) is 16.6 Å². The van der Waals surface area contributed by atoms with Crippen LogP contribution in [0.4, 0.5) is 0 Å². The molecule has 0 aliphatic heterocycles. The predicted octanol–water partition coefficient (Wildman–Crippen LogP) is -0.111. The molecule has 4 nitrogen and oxygen atoms in total. The van der Waals surface area contributed by atoms with Gasteiger partial charge in [-0.2, -0.15) is 0 Å². The Kier molecular flexibility index (Phi) is 3.27. The second kappa shape index (κ2) is 3.77. The van der Waals surface area contributed by atoms with E-state index in [1.807, 2.05) is 0 Å². The van der Waals surface area contributed by atoms with Gasteiger partial charge in [0, 0.05) is 19.5 Å². The molecule has 0 rings (SSSR count). The summed E-state index contributed by atoms with van der Waals surface area (Å²) < 4.78 is 0. The molecule has 0 aliphatic carbocycles. The molecule has 50 valence electrons. The standard InChI is InChI=1S/C5H10N4/c1-9-5(8)4(2-6)3-7/h2-4,6-7H,1H3,(H2,8,9). The maximum Gasteiger partial charge on any atom is 0.107 e. The van der Waals surface area contributed by atoms with Crippen molar-refractivity contribution < 1.29 is 0 Å². The fraction of sp³-hybridized carbons (Fsp3) is 0.400. The summed E-state index contributed by atoms with van der Waals surface area (Å²) in [5.74, 6) is -0.116. The monoisotopic (exact) mass is 126 g/mol. The Morgan fingerprint density at radius 1 is 1.56 bits per heavy atom. The zero-order chi connectivity index (χ0) is 7.28. The van der Waals surface area contributed by atoms with Crippen molar-refractivity contribution in [3.63, 3.8) is 0 Å². The first-order valence-electron chi connectivity index (χ1n) is 2.49. The Hall–Kier alpha value is -1.19. The molecule has 0 aromatic heterocycles. The summed E-state index contributed by atoms with van der Waals surface area (Å²) in [6, 6.07) is 0. The van der Waals surface area contributed by atoms with E-state index in [0.29, 0.717) is 5.84 Å². The lowest BCUT2D eigenvalue weighted by atomic mass is 10.2. The molecule has 0 radical (unpaired) electrons. The fourth-order valence-corrected chi connectivity index (χ4v) is 0.368. The second-order valence-electron chi connectivity index (χ2n) is 1.51. The van der Waals surface area contributed by atoms with Crippen molar-refractivity contribution in [2.24, 2.45) is 16.6 Å². The topological polar surface area (TPSA) is 86.1 Å². The van der Waals surface area contributed by atoms with E-state index in [0.717, 1.165) is 12.4 Å². The normalized spacial score (nSPS) is 14.6. The molecule has 0 atom stereocenters. The van der Waals surface area contributed by atoms with Gasteiger partial charge >= 0.3 is 0 Å². The van der Waals surface area contributed by atoms with Gasteiger partial charge in [-0.25, -0.2) is 0 Å². The third-order valence-electron chi connectivity index (χ3n) is 0.959. The van der Waals surface area contributed by atoms with Gasteiger partial charge < -0.3 is 16.6 Å². The Bertz CT molecular complexity index is 130. The number of aliphatic imine (C=N–C) groups is 1. The lowest BCUT2D eigenvalue weighted by molar-refractivity contribution is 1.22. The van der Waals surface area contributed by atoms with Crippen LogP contribution in [0.5, 0.6) is 0 Å². The molecule has 0 heterocycles. The average Bonchev–Trinajstić information content (AvgIpc) is 1.90.